The number of hydrogen-bond acceptors (Lipinski definition) is 3. The van der Waals surface area contributed by atoms with E-state index in [9.17, 15) is 9.59 Å². The Kier molecular flexibility index (Phi) is 6.18. The highest BCUT2D eigenvalue weighted by Gasteiger charge is 2.20. The quantitative estimate of drug-likeness (QED) is 0.789. The molecule has 0 aromatic heterocycles. The second-order valence-corrected chi connectivity index (χ2v) is 4.82. The van der Waals surface area contributed by atoms with Crippen molar-refractivity contribution in [2.75, 3.05) is 19.6 Å². The van der Waals surface area contributed by atoms with E-state index in [-0.39, 0.29) is 12.5 Å². The monoisotopic (exact) mass is 278 g/mol. The molecule has 1 aromatic carbocycles. The number of hydrogen-bond donors (Lipinski definition) is 2. The van der Waals surface area contributed by atoms with Crippen LogP contribution >= 0.6 is 0 Å². The summed E-state index contributed by atoms with van der Waals surface area (Å²) in [6, 6.07) is 7.30. The molecule has 1 rings (SSSR count). The lowest BCUT2D eigenvalue weighted by Gasteiger charge is -2.23. The molecule has 20 heavy (non-hydrogen) atoms. The Morgan fingerprint density at radius 2 is 1.90 bits per heavy atom. The predicted molar refractivity (Wildman–Crippen MR) is 77.6 cm³/mol. The van der Waals surface area contributed by atoms with Gasteiger partial charge in [0.1, 0.15) is 0 Å². The summed E-state index contributed by atoms with van der Waals surface area (Å²) in [7, 11) is 0. The van der Waals surface area contributed by atoms with Crippen molar-refractivity contribution in [3.63, 3.8) is 0 Å². The standard InChI is InChI=1S/C15H22N2O3/c1-3-17(10-11(2)15(19)20)14(18)13-6-4-12(5-7-13)8-9-16/h4-7,11H,3,8-10,16H2,1-2H3,(H,19,20). The Bertz CT molecular complexity index is 457. The summed E-state index contributed by atoms with van der Waals surface area (Å²) in [5.74, 6) is -1.61. The Morgan fingerprint density at radius 3 is 2.35 bits per heavy atom. The second kappa shape index (κ2) is 7.65. The van der Waals surface area contributed by atoms with E-state index in [0.717, 1.165) is 12.0 Å². The summed E-state index contributed by atoms with van der Waals surface area (Å²) >= 11 is 0. The van der Waals surface area contributed by atoms with E-state index in [1.165, 1.54) is 0 Å². The van der Waals surface area contributed by atoms with Crippen molar-refractivity contribution in [2.24, 2.45) is 11.7 Å². The summed E-state index contributed by atoms with van der Waals surface area (Å²) in [5.41, 5.74) is 7.14. The summed E-state index contributed by atoms with van der Waals surface area (Å²) in [5, 5.41) is 8.92. The van der Waals surface area contributed by atoms with E-state index in [2.05, 4.69) is 0 Å². The molecule has 0 bridgehead atoms. The normalized spacial score (nSPS) is 11.9. The second-order valence-electron chi connectivity index (χ2n) is 4.82. The number of carbonyl (C=O) groups excluding carboxylic acids is 1. The molecule has 110 valence electrons. The summed E-state index contributed by atoms with van der Waals surface area (Å²) in [6.07, 6.45) is 0.780. The van der Waals surface area contributed by atoms with Crippen molar-refractivity contribution in [1.82, 2.24) is 4.90 Å². The zero-order chi connectivity index (χ0) is 15.1. The van der Waals surface area contributed by atoms with Crippen molar-refractivity contribution in [2.45, 2.75) is 20.3 Å². The smallest absolute Gasteiger partial charge is 0.308 e. The van der Waals surface area contributed by atoms with Crippen LogP contribution in [0, 0.1) is 5.92 Å². The van der Waals surface area contributed by atoms with Crippen LogP contribution < -0.4 is 5.73 Å². The molecule has 0 aliphatic carbocycles. The Hall–Kier alpha value is -1.88. The maximum Gasteiger partial charge on any atom is 0.308 e. The van der Waals surface area contributed by atoms with E-state index in [1.807, 2.05) is 19.1 Å². The zero-order valence-corrected chi connectivity index (χ0v) is 12.0. The van der Waals surface area contributed by atoms with Crippen LogP contribution in [0.1, 0.15) is 29.8 Å². The van der Waals surface area contributed by atoms with Gasteiger partial charge in [-0.25, -0.2) is 0 Å². The number of amides is 1. The van der Waals surface area contributed by atoms with Crippen molar-refractivity contribution in [1.29, 1.82) is 0 Å². The van der Waals surface area contributed by atoms with E-state index in [0.29, 0.717) is 18.7 Å². The highest BCUT2D eigenvalue weighted by Crippen LogP contribution is 2.10. The van der Waals surface area contributed by atoms with Crippen LogP contribution in [0.2, 0.25) is 0 Å². The largest absolute Gasteiger partial charge is 0.481 e. The van der Waals surface area contributed by atoms with E-state index < -0.39 is 11.9 Å². The van der Waals surface area contributed by atoms with Crippen molar-refractivity contribution < 1.29 is 14.7 Å². The first kappa shape index (κ1) is 16.2. The molecule has 1 aromatic rings. The molecule has 0 saturated heterocycles. The van der Waals surface area contributed by atoms with Crippen molar-refractivity contribution >= 4 is 11.9 Å². The van der Waals surface area contributed by atoms with Gasteiger partial charge in [-0.3, -0.25) is 9.59 Å². The molecule has 1 amide bonds. The van der Waals surface area contributed by atoms with Gasteiger partial charge in [0.15, 0.2) is 0 Å². The number of nitrogens with zero attached hydrogens (tertiary/aromatic N) is 1. The molecule has 0 aliphatic heterocycles. The van der Waals surface area contributed by atoms with Gasteiger partial charge in [-0.2, -0.15) is 0 Å². The molecular formula is C15H22N2O3. The maximum atomic E-state index is 12.3. The van der Waals surface area contributed by atoms with E-state index in [4.69, 9.17) is 10.8 Å². The average Bonchev–Trinajstić information content (AvgIpc) is 2.44. The highest BCUT2D eigenvalue weighted by molar-refractivity contribution is 5.94. The first-order valence-electron chi connectivity index (χ1n) is 6.80. The van der Waals surface area contributed by atoms with E-state index in [1.54, 1.807) is 24.0 Å². The number of aliphatic carboxylic acids is 1. The molecule has 3 N–H and O–H groups in total. The molecule has 0 heterocycles. The van der Waals surface area contributed by atoms with Gasteiger partial charge in [-0.05, 0) is 37.6 Å². The topological polar surface area (TPSA) is 83.6 Å². The van der Waals surface area contributed by atoms with Gasteiger partial charge in [-0.15, -0.1) is 0 Å². The lowest BCUT2D eigenvalue weighted by molar-refractivity contribution is -0.141. The van der Waals surface area contributed by atoms with Crippen LogP contribution in [0.15, 0.2) is 24.3 Å². The molecule has 0 aliphatic rings. The van der Waals surface area contributed by atoms with Crippen LogP contribution in [-0.4, -0.2) is 41.5 Å². The van der Waals surface area contributed by atoms with Crippen LogP contribution in [0.3, 0.4) is 0 Å². The van der Waals surface area contributed by atoms with Gasteiger partial charge in [-0.1, -0.05) is 19.1 Å². The van der Waals surface area contributed by atoms with Gasteiger partial charge in [0.25, 0.3) is 5.91 Å². The molecule has 5 nitrogen and oxygen atoms in total. The van der Waals surface area contributed by atoms with Crippen LogP contribution in [0.25, 0.3) is 0 Å². The first-order chi connectivity index (χ1) is 9.49. The fraction of sp³-hybridized carbons (Fsp3) is 0.467. The summed E-state index contributed by atoms with van der Waals surface area (Å²) < 4.78 is 0. The predicted octanol–water partition coefficient (Wildman–Crippen LogP) is 1.37. The fourth-order valence-electron chi connectivity index (χ4n) is 1.93. The number of carboxylic acids is 1. The molecule has 0 saturated carbocycles. The average molecular weight is 278 g/mol. The number of carboxylic acid groups (broad SMARTS) is 1. The Morgan fingerprint density at radius 1 is 1.30 bits per heavy atom. The first-order valence-corrected chi connectivity index (χ1v) is 6.80. The minimum atomic E-state index is -0.894. The van der Waals surface area contributed by atoms with Gasteiger partial charge >= 0.3 is 5.97 Å². The SMILES string of the molecule is CCN(CC(C)C(=O)O)C(=O)c1ccc(CCN)cc1. The maximum absolute atomic E-state index is 12.3. The van der Waals surface area contributed by atoms with E-state index >= 15 is 0 Å². The van der Waals surface area contributed by atoms with Crippen molar-refractivity contribution in [3.05, 3.63) is 35.4 Å². The Labute approximate surface area is 119 Å². The minimum absolute atomic E-state index is 0.139. The van der Waals surface area contributed by atoms with Crippen LogP contribution in [0.4, 0.5) is 0 Å². The molecule has 5 heteroatoms. The minimum Gasteiger partial charge on any atom is -0.481 e. The van der Waals surface area contributed by atoms with Crippen molar-refractivity contribution in [3.8, 4) is 0 Å². The third-order valence-corrected chi connectivity index (χ3v) is 3.22. The number of rotatable bonds is 7. The van der Waals surface area contributed by atoms with Crippen LogP contribution in [0.5, 0.6) is 0 Å². The molecule has 1 unspecified atom stereocenters. The molecule has 0 spiro atoms. The lowest BCUT2D eigenvalue weighted by Crippen LogP contribution is -2.36. The van der Waals surface area contributed by atoms with Crippen LogP contribution in [-0.2, 0) is 11.2 Å². The number of nitrogens with two attached hydrogens (primary N) is 1. The lowest BCUT2D eigenvalue weighted by atomic mass is 10.1. The third kappa shape index (κ3) is 4.35. The van der Waals surface area contributed by atoms with Gasteiger partial charge in [0.05, 0.1) is 5.92 Å². The zero-order valence-electron chi connectivity index (χ0n) is 12.0. The molecular weight excluding hydrogens is 256 g/mol. The molecule has 1 atom stereocenters. The fourth-order valence-corrected chi connectivity index (χ4v) is 1.93. The third-order valence-electron chi connectivity index (χ3n) is 3.22. The summed E-state index contributed by atoms with van der Waals surface area (Å²) in [6.45, 7) is 4.72. The Balaban J connectivity index is 2.77. The molecule has 0 fully saturated rings. The van der Waals surface area contributed by atoms with Gasteiger partial charge < -0.3 is 15.7 Å². The van der Waals surface area contributed by atoms with Gasteiger partial charge in [0.2, 0.25) is 0 Å². The number of carbonyl (C=O) groups is 2. The highest BCUT2D eigenvalue weighted by atomic mass is 16.4. The molecule has 0 radical (unpaired) electrons. The summed E-state index contributed by atoms with van der Waals surface area (Å²) in [4.78, 5) is 24.7. The number of benzene rings is 1. The van der Waals surface area contributed by atoms with Gasteiger partial charge in [0, 0.05) is 18.7 Å².